The van der Waals surface area contributed by atoms with E-state index in [1.807, 2.05) is 0 Å². The van der Waals surface area contributed by atoms with Crippen LogP contribution in [0.25, 0.3) is 0 Å². The molecule has 0 amide bonds. The molecule has 0 heterocycles. The SMILES string of the molecule is CCCC=CCCCCC=CCCCCCC. The molecule has 0 rings (SSSR count). The number of hydrogen-bond acceptors (Lipinski definition) is 0. The van der Waals surface area contributed by atoms with Crippen LogP contribution in [0, 0.1) is 0 Å². The molecule has 0 aromatic heterocycles. The average molecular weight is 236 g/mol. The van der Waals surface area contributed by atoms with Crippen LogP contribution in [0.5, 0.6) is 0 Å². The van der Waals surface area contributed by atoms with Gasteiger partial charge in [-0.05, 0) is 44.9 Å². The first-order valence-corrected chi connectivity index (χ1v) is 7.71. The Morgan fingerprint density at radius 1 is 0.471 bits per heavy atom. The van der Waals surface area contributed by atoms with Crippen LogP contribution >= 0.6 is 0 Å². The van der Waals surface area contributed by atoms with Crippen molar-refractivity contribution in [2.24, 2.45) is 0 Å². The molecule has 100 valence electrons. The Hall–Kier alpha value is -0.520. The summed E-state index contributed by atoms with van der Waals surface area (Å²) in [5, 5.41) is 0. The molecule has 0 atom stereocenters. The molecule has 0 radical (unpaired) electrons. The molecule has 0 fully saturated rings. The van der Waals surface area contributed by atoms with Crippen LogP contribution in [-0.4, -0.2) is 0 Å². The van der Waals surface area contributed by atoms with Crippen molar-refractivity contribution in [1.29, 1.82) is 0 Å². The van der Waals surface area contributed by atoms with Crippen molar-refractivity contribution in [2.75, 3.05) is 0 Å². The molecule has 0 spiro atoms. The summed E-state index contributed by atoms with van der Waals surface area (Å²) in [6.07, 6.45) is 24.0. The van der Waals surface area contributed by atoms with Crippen molar-refractivity contribution >= 4 is 0 Å². The van der Waals surface area contributed by atoms with Crippen LogP contribution in [0.15, 0.2) is 24.3 Å². The fraction of sp³-hybridized carbons (Fsp3) is 0.765. The van der Waals surface area contributed by atoms with Crippen LogP contribution < -0.4 is 0 Å². The second-order valence-corrected chi connectivity index (χ2v) is 4.87. The monoisotopic (exact) mass is 236 g/mol. The van der Waals surface area contributed by atoms with E-state index in [9.17, 15) is 0 Å². The first-order valence-electron chi connectivity index (χ1n) is 7.71. The van der Waals surface area contributed by atoms with Gasteiger partial charge in [0.05, 0.1) is 0 Å². The van der Waals surface area contributed by atoms with Crippen molar-refractivity contribution in [3.05, 3.63) is 24.3 Å². The van der Waals surface area contributed by atoms with E-state index in [0.29, 0.717) is 0 Å². The number of hydrogen-bond donors (Lipinski definition) is 0. The van der Waals surface area contributed by atoms with E-state index in [1.54, 1.807) is 0 Å². The van der Waals surface area contributed by atoms with Crippen LogP contribution in [0.1, 0.15) is 84.5 Å². The standard InChI is InChI=1S/C17H32/c1-3-5-7-9-11-13-15-17-16-14-12-10-8-6-4-2/h7,9,14,16H,3-6,8,10-13,15,17H2,1-2H3. The van der Waals surface area contributed by atoms with Gasteiger partial charge in [-0.2, -0.15) is 0 Å². The molecule has 0 aromatic carbocycles. The fourth-order valence-electron chi connectivity index (χ4n) is 1.85. The molecular formula is C17H32. The van der Waals surface area contributed by atoms with Crippen molar-refractivity contribution in [1.82, 2.24) is 0 Å². The van der Waals surface area contributed by atoms with Gasteiger partial charge in [0.1, 0.15) is 0 Å². The third kappa shape index (κ3) is 15.5. The second kappa shape index (κ2) is 15.5. The largest absolute Gasteiger partial charge is 0.0885 e. The second-order valence-electron chi connectivity index (χ2n) is 4.87. The van der Waals surface area contributed by atoms with E-state index in [2.05, 4.69) is 38.2 Å². The highest BCUT2D eigenvalue weighted by Crippen LogP contribution is 2.06. The highest BCUT2D eigenvalue weighted by atomic mass is 13.9. The maximum Gasteiger partial charge on any atom is -0.0351 e. The molecule has 0 aromatic rings. The summed E-state index contributed by atoms with van der Waals surface area (Å²) in [7, 11) is 0. The molecule has 0 N–H and O–H groups in total. The van der Waals surface area contributed by atoms with Gasteiger partial charge >= 0.3 is 0 Å². The lowest BCUT2D eigenvalue weighted by molar-refractivity contribution is 0.673. The van der Waals surface area contributed by atoms with Gasteiger partial charge in [-0.1, -0.05) is 63.8 Å². The first kappa shape index (κ1) is 16.5. The lowest BCUT2D eigenvalue weighted by Gasteiger charge is -1.95. The van der Waals surface area contributed by atoms with Gasteiger partial charge < -0.3 is 0 Å². The molecule has 0 bridgehead atoms. The highest BCUT2D eigenvalue weighted by Gasteiger charge is 1.86. The van der Waals surface area contributed by atoms with Gasteiger partial charge in [-0.15, -0.1) is 0 Å². The van der Waals surface area contributed by atoms with Crippen molar-refractivity contribution in [2.45, 2.75) is 84.5 Å². The van der Waals surface area contributed by atoms with Gasteiger partial charge in [0, 0.05) is 0 Å². The normalized spacial score (nSPS) is 11.9. The van der Waals surface area contributed by atoms with Crippen LogP contribution in [0.4, 0.5) is 0 Å². The Morgan fingerprint density at radius 2 is 0.941 bits per heavy atom. The molecule has 0 unspecified atom stereocenters. The summed E-state index contributed by atoms with van der Waals surface area (Å²) in [4.78, 5) is 0. The summed E-state index contributed by atoms with van der Waals surface area (Å²) in [6, 6.07) is 0. The van der Waals surface area contributed by atoms with Crippen molar-refractivity contribution < 1.29 is 0 Å². The molecule has 0 aliphatic rings. The molecule has 17 heavy (non-hydrogen) atoms. The van der Waals surface area contributed by atoms with Crippen LogP contribution in [0.3, 0.4) is 0 Å². The number of rotatable bonds is 12. The van der Waals surface area contributed by atoms with E-state index in [1.165, 1.54) is 70.6 Å². The summed E-state index contributed by atoms with van der Waals surface area (Å²) in [5.41, 5.74) is 0. The summed E-state index contributed by atoms with van der Waals surface area (Å²) >= 11 is 0. The molecule has 0 nitrogen and oxygen atoms in total. The average Bonchev–Trinajstić information content (AvgIpc) is 2.35. The Bertz CT molecular complexity index is 176. The van der Waals surface area contributed by atoms with E-state index in [4.69, 9.17) is 0 Å². The zero-order valence-electron chi connectivity index (χ0n) is 12.1. The Labute approximate surface area is 109 Å². The summed E-state index contributed by atoms with van der Waals surface area (Å²) < 4.78 is 0. The minimum Gasteiger partial charge on any atom is -0.0885 e. The predicted molar refractivity (Wildman–Crippen MR) is 80.4 cm³/mol. The van der Waals surface area contributed by atoms with Crippen molar-refractivity contribution in [3.8, 4) is 0 Å². The molecule has 0 heteroatoms. The zero-order valence-corrected chi connectivity index (χ0v) is 12.1. The fourth-order valence-corrected chi connectivity index (χ4v) is 1.85. The van der Waals surface area contributed by atoms with E-state index in [-0.39, 0.29) is 0 Å². The van der Waals surface area contributed by atoms with E-state index >= 15 is 0 Å². The lowest BCUT2D eigenvalue weighted by Crippen LogP contribution is -1.75. The third-order valence-electron chi connectivity index (χ3n) is 3.00. The molecular weight excluding hydrogens is 204 g/mol. The van der Waals surface area contributed by atoms with Crippen LogP contribution in [-0.2, 0) is 0 Å². The smallest absolute Gasteiger partial charge is 0.0351 e. The number of allylic oxidation sites excluding steroid dienone is 4. The Balaban J connectivity index is 3.08. The first-order chi connectivity index (χ1) is 8.41. The van der Waals surface area contributed by atoms with E-state index in [0.717, 1.165) is 0 Å². The lowest BCUT2D eigenvalue weighted by atomic mass is 10.1. The minimum absolute atomic E-state index is 1.25. The maximum atomic E-state index is 2.38. The summed E-state index contributed by atoms with van der Waals surface area (Å²) in [5.74, 6) is 0. The quantitative estimate of drug-likeness (QED) is 0.270. The molecule has 0 aliphatic heterocycles. The van der Waals surface area contributed by atoms with E-state index < -0.39 is 0 Å². The number of unbranched alkanes of at least 4 members (excludes halogenated alkanes) is 8. The minimum atomic E-state index is 1.25. The Kier molecular flexibility index (Phi) is 15.0. The summed E-state index contributed by atoms with van der Waals surface area (Å²) in [6.45, 7) is 4.50. The van der Waals surface area contributed by atoms with Crippen molar-refractivity contribution in [3.63, 3.8) is 0 Å². The van der Waals surface area contributed by atoms with Gasteiger partial charge in [0.25, 0.3) is 0 Å². The maximum absolute atomic E-state index is 2.38. The third-order valence-corrected chi connectivity index (χ3v) is 3.00. The van der Waals surface area contributed by atoms with Gasteiger partial charge in [0.2, 0.25) is 0 Å². The zero-order chi connectivity index (χ0) is 12.6. The van der Waals surface area contributed by atoms with Gasteiger partial charge in [-0.3, -0.25) is 0 Å². The molecule has 0 saturated heterocycles. The Morgan fingerprint density at radius 3 is 1.41 bits per heavy atom. The molecule has 0 aliphatic carbocycles. The molecule has 0 saturated carbocycles. The highest BCUT2D eigenvalue weighted by molar-refractivity contribution is 4.83. The predicted octanol–water partition coefficient (Wildman–Crippen LogP) is 6.43. The van der Waals surface area contributed by atoms with Gasteiger partial charge in [0.15, 0.2) is 0 Å². The van der Waals surface area contributed by atoms with Gasteiger partial charge in [-0.25, -0.2) is 0 Å². The van der Waals surface area contributed by atoms with Crippen LogP contribution in [0.2, 0.25) is 0 Å². The topological polar surface area (TPSA) is 0 Å².